The van der Waals surface area contributed by atoms with E-state index in [0.29, 0.717) is 25.0 Å². The minimum atomic E-state index is -0.0934. The third-order valence-corrected chi connectivity index (χ3v) is 4.33. The fourth-order valence-electron chi connectivity index (χ4n) is 3.16. The molecule has 2 rings (SSSR count). The Morgan fingerprint density at radius 2 is 2.35 bits per heavy atom. The Balaban J connectivity index is 1.97. The summed E-state index contributed by atoms with van der Waals surface area (Å²) in [4.78, 5) is 20.6. The number of esters is 1. The molecule has 1 aliphatic carbocycles. The number of carbonyl (C=O) groups excluding carboxylic acids is 1. The molecule has 0 amide bonds. The average molecular weight is 320 g/mol. The molecule has 0 saturated heterocycles. The molecule has 128 valence electrons. The van der Waals surface area contributed by atoms with Gasteiger partial charge in [-0.3, -0.25) is 4.79 Å². The molecule has 0 saturated carbocycles. The van der Waals surface area contributed by atoms with Crippen LogP contribution in [-0.2, 0) is 22.4 Å². The van der Waals surface area contributed by atoms with Crippen molar-refractivity contribution in [3.63, 3.8) is 0 Å². The first kappa shape index (κ1) is 17.7. The highest BCUT2D eigenvalue weighted by atomic mass is 16.5. The molecule has 0 aliphatic heterocycles. The van der Waals surface area contributed by atoms with Crippen molar-refractivity contribution in [1.29, 1.82) is 0 Å². The lowest BCUT2D eigenvalue weighted by Gasteiger charge is -2.27. The Hall–Kier alpha value is -1.69. The molecule has 1 heterocycles. The smallest absolute Gasteiger partial charge is 0.310 e. The van der Waals surface area contributed by atoms with Crippen LogP contribution in [0.1, 0.15) is 44.4 Å². The fourth-order valence-corrected chi connectivity index (χ4v) is 3.16. The summed E-state index contributed by atoms with van der Waals surface area (Å²) in [6.07, 6.45) is 6.61. The van der Waals surface area contributed by atoms with Crippen LogP contribution in [0.15, 0.2) is 6.20 Å². The molecule has 0 aromatic carbocycles. The number of hydrogen-bond donors (Lipinski definition) is 2. The number of nitrogens with zero attached hydrogens (tertiary/aromatic N) is 2. The van der Waals surface area contributed by atoms with Crippen LogP contribution >= 0.6 is 0 Å². The minimum Gasteiger partial charge on any atom is -0.466 e. The Kier molecular flexibility index (Phi) is 6.77. The molecule has 3 N–H and O–H groups in total. The van der Waals surface area contributed by atoms with Gasteiger partial charge in [0.2, 0.25) is 5.95 Å². The van der Waals surface area contributed by atoms with Gasteiger partial charge in [-0.25, -0.2) is 9.97 Å². The predicted octanol–water partition coefficient (Wildman–Crippen LogP) is 1.73. The van der Waals surface area contributed by atoms with E-state index in [9.17, 15) is 4.79 Å². The van der Waals surface area contributed by atoms with Crippen LogP contribution < -0.4 is 11.1 Å². The molecule has 0 radical (unpaired) electrons. The number of aromatic nitrogens is 2. The van der Waals surface area contributed by atoms with Crippen LogP contribution in [0, 0.1) is 11.8 Å². The molecule has 1 aromatic heterocycles. The van der Waals surface area contributed by atoms with Crippen LogP contribution in [0.25, 0.3) is 0 Å². The van der Waals surface area contributed by atoms with Gasteiger partial charge in [-0.15, -0.1) is 0 Å². The highest BCUT2D eigenvalue weighted by Gasteiger charge is 2.27. The van der Waals surface area contributed by atoms with E-state index in [-0.39, 0.29) is 11.9 Å². The number of hydrogen-bond acceptors (Lipinski definition) is 6. The Morgan fingerprint density at radius 3 is 3.09 bits per heavy atom. The molecule has 6 nitrogen and oxygen atoms in total. The van der Waals surface area contributed by atoms with Crippen LogP contribution in [0.5, 0.6) is 0 Å². The summed E-state index contributed by atoms with van der Waals surface area (Å²) in [6.45, 7) is 6.01. The second-order valence-corrected chi connectivity index (χ2v) is 6.20. The maximum absolute atomic E-state index is 12.2. The molecule has 0 spiro atoms. The molecule has 0 fully saturated rings. The fraction of sp³-hybridized carbons (Fsp3) is 0.706. The summed E-state index contributed by atoms with van der Waals surface area (Å²) in [5, 5.41) is 3.35. The molecule has 6 heteroatoms. The third kappa shape index (κ3) is 5.16. The monoisotopic (exact) mass is 320 g/mol. The van der Waals surface area contributed by atoms with E-state index in [1.165, 1.54) is 5.56 Å². The van der Waals surface area contributed by atoms with Gasteiger partial charge in [-0.2, -0.15) is 0 Å². The summed E-state index contributed by atoms with van der Waals surface area (Å²) < 4.78 is 5.24. The van der Waals surface area contributed by atoms with E-state index in [4.69, 9.17) is 10.5 Å². The molecule has 23 heavy (non-hydrogen) atoms. The van der Waals surface area contributed by atoms with E-state index < -0.39 is 0 Å². The standard InChI is InChI=1S/C17H28N4O2/c1-3-7-19-10-14(16(22)23-4-2)8-12-5-6-13-11-20-17(18)21-15(13)9-12/h11-12,14,19H,3-10H2,1-2H3,(H2,18,20,21). The highest BCUT2D eigenvalue weighted by Crippen LogP contribution is 2.29. The van der Waals surface area contributed by atoms with Crippen molar-refractivity contribution in [2.24, 2.45) is 11.8 Å². The average Bonchev–Trinajstić information content (AvgIpc) is 2.54. The Labute approximate surface area is 138 Å². The van der Waals surface area contributed by atoms with Crippen LogP contribution in [0.3, 0.4) is 0 Å². The first-order valence-electron chi connectivity index (χ1n) is 8.61. The maximum Gasteiger partial charge on any atom is 0.310 e. The van der Waals surface area contributed by atoms with E-state index in [1.54, 1.807) is 0 Å². The molecular weight excluding hydrogens is 292 g/mol. The van der Waals surface area contributed by atoms with Crippen molar-refractivity contribution in [3.8, 4) is 0 Å². The van der Waals surface area contributed by atoms with Crippen LogP contribution in [-0.4, -0.2) is 35.6 Å². The lowest BCUT2D eigenvalue weighted by Crippen LogP contribution is -2.33. The van der Waals surface area contributed by atoms with Gasteiger partial charge in [0.25, 0.3) is 0 Å². The van der Waals surface area contributed by atoms with Gasteiger partial charge in [-0.1, -0.05) is 6.92 Å². The van der Waals surface area contributed by atoms with Crippen LogP contribution in [0.4, 0.5) is 5.95 Å². The summed E-state index contributed by atoms with van der Waals surface area (Å²) in [6, 6.07) is 0. The van der Waals surface area contributed by atoms with Crippen molar-refractivity contribution in [2.45, 2.75) is 46.0 Å². The summed E-state index contributed by atoms with van der Waals surface area (Å²) in [7, 11) is 0. The second-order valence-electron chi connectivity index (χ2n) is 6.20. The normalized spacial score (nSPS) is 18.3. The zero-order valence-electron chi connectivity index (χ0n) is 14.2. The molecule has 2 unspecified atom stereocenters. The molecule has 1 aliphatic rings. The number of nitrogens with one attached hydrogen (secondary N) is 1. The maximum atomic E-state index is 12.2. The number of carbonyl (C=O) groups is 1. The first-order valence-corrected chi connectivity index (χ1v) is 8.61. The van der Waals surface area contributed by atoms with Crippen molar-refractivity contribution in [3.05, 3.63) is 17.5 Å². The number of nitrogen functional groups attached to an aromatic ring is 1. The number of fused-ring (bicyclic) bond motifs is 1. The van der Waals surface area contributed by atoms with Crippen LogP contribution in [0.2, 0.25) is 0 Å². The third-order valence-electron chi connectivity index (χ3n) is 4.33. The van der Waals surface area contributed by atoms with Gasteiger partial charge < -0.3 is 15.8 Å². The van der Waals surface area contributed by atoms with Gasteiger partial charge in [-0.05, 0) is 57.1 Å². The van der Waals surface area contributed by atoms with Gasteiger partial charge in [0, 0.05) is 18.4 Å². The number of rotatable bonds is 8. The van der Waals surface area contributed by atoms with Gasteiger partial charge >= 0.3 is 5.97 Å². The quantitative estimate of drug-likeness (QED) is 0.560. The van der Waals surface area contributed by atoms with Crippen molar-refractivity contribution in [2.75, 3.05) is 25.4 Å². The zero-order valence-corrected chi connectivity index (χ0v) is 14.2. The molecular formula is C17H28N4O2. The zero-order chi connectivity index (χ0) is 16.7. The van der Waals surface area contributed by atoms with E-state index >= 15 is 0 Å². The topological polar surface area (TPSA) is 90.1 Å². The lowest BCUT2D eigenvalue weighted by molar-refractivity contribution is -0.148. The molecule has 1 aromatic rings. The van der Waals surface area contributed by atoms with Crippen molar-refractivity contribution in [1.82, 2.24) is 15.3 Å². The Morgan fingerprint density at radius 1 is 1.52 bits per heavy atom. The van der Waals surface area contributed by atoms with Crippen molar-refractivity contribution >= 4 is 11.9 Å². The second kappa shape index (κ2) is 8.82. The SMILES string of the molecule is CCCNCC(CC1CCc2cnc(N)nc2C1)C(=O)OCC. The number of aryl methyl sites for hydroxylation is 1. The number of anilines is 1. The summed E-state index contributed by atoms with van der Waals surface area (Å²) in [5.74, 6) is 0.585. The molecule has 0 bridgehead atoms. The minimum absolute atomic E-state index is 0.0905. The summed E-state index contributed by atoms with van der Waals surface area (Å²) >= 11 is 0. The summed E-state index contributed by atoms with van der Waals surface area (Å²) in [5.41, 5.74) is 7.92. The predicted molar refractivity (Wildman–Crippen MR) is 89.9 cm³/mol. The van der Waals surface area contributed by atoms with E-state index in [1.807, 2.05) is 13.1 Å². The number of nitrogens with two attached hydrogens (primary N) is 1. The lowest BCUT2D eigenvalue weighted by atomic mass is 9.81. The van der Waals surface area contributed by atoms with Gasteiger partial charge in [0.15, 0.2) is 0 Å². The Bertz CT molecular complexity index is 521. The van der Waals surface area contributed by atoms with Crippen molar-refractivity contribution < 1.29 is 9.53 Å². The van der Waals surface area contributed by atoms with E-state index in [2.05, 4.69) is 22.2 Å². The number of ether oxygens (including phenoxy) is 1. The highest BCUT2D eigenvalue weighted by molar-refractivity contribution is 5.72. The molecule has 2 atom stereocenters. The van der Waals surface area contributed by atoms with E-state index in [0.717, 1.165) is 44.3 Å². The van der Waals surface area contributed by atoms with Gasteiger partial charge in [0.05, 0.1) is 12.5 Å². The first-order chi connectivity index (χ1) is 11.1. The largest absolute Gasteiger partial charge is 0.466 e. The van der Waals surface area contributed by atoms with Gasteiger partial charge in [0.1, 0.15) is 0 Å².